The summed E-state index contributed by atoms with van der Waals surface area (Å²) in [6.07, 6.45) is 1.96. The highest BCUT2D eigenvalue weighted by Gasteiger charge is 2.17. The molecule has 15 heavy (non-hydrogen) atoms. The summed E-state index contributed by atoms with van der Waals surface area (Å²) in [6.45, 7) is 8.51. The normalized spacial score (nSPS) is 11.5. The number of halogens is 1. The minimum atomic E-state index is 0.366. The molecule has 4 heteroatoms. The van der Waals surface area contributed by atoms with Crippen LogP contribution in [0.3, 0.4) is 0 Å². The first kappa shape index (κ1) is 12.8. The molecule has 0 atom stereocenters. The first-order chi connectivity index (χ1) is 6.97. The van der Waals surface area contributed by atoms with Crippen LogP contribution >= 0.6 is 23.4 Å². The third kappa shape index (κ3) is 2.85. The quantitative estimate of drug-likeness (QED) is 0.455. The van der Waals surface area contributed by atoms with E-state index in [4.69, 9.17) is 11.6 Å². The smallest absolute Gasteiger partial charge is 0.188 e. The maximum absolute atomic E-state index is 6.19. The molecule has 1 rings (SSSR count). The Bertz CT molecular complexity index is 351. The highest BCUT2D eigenvalue weighted by atomic mass is 35.5. The van der Waals surface area contributed by atoms with Gasteiger partial charge in [-0.15, -0.1) is 0 Å². The van der Waals surface area contributed by atoms with E-state index in [-0.39, 0.29) is 0 Å². The molecule has 0 aliphatic carbocycles. The van der Waals surface area contributed by atoms with Gasteiger partial charge in [0.2, 0.25) is 0 Å². The molecule has 0 radical (unpaired) electrons. The van der Waals surface area contributed by atoms with Crippen LogP contribution in [-0.2, 0) is 0 Å². The molecule has 2 nitrogen and oxygen atoms in total. The summed E-state index contributed by atoms with van der Waals surface area (Å²) in [5.74, 6) is 0.750. The second kappa shape index (κ2) is 5.17. The molecule has 0 spiro atoms. The third-order valence-corrected chi connectivity index (χ3v) is 3.05. The zero-order valence-corrected chi connectivity index (χ0v) is 11.4. The Morgan fingerprint density at radius 2 is 1.67 bits per heavy atom. The van der Waals surface area contributed by atoms with Crippen molar-refractivity contribution in [1.82, 2.24) is 9.97 Å². The van der Waals surface area contributed by atoms with Crippen LogP contribution in [0, 0.1) is 0 Å². The van der Waals surface area contributed by atoms with Gasteiger partial charge in [-0.3, -0.25) is 0 Å². The Kier molecular flexibility index (Phi) is 4.41. The number of nitrogens with zero attached hydrogens (tertiary/aromatic N) is 2. The molecule has 1 aromatic heterocycles. The van der Waals surface area contributed by atoms with Crippen molar-refractivity contribution in [3.63, 3.8) is 0 Å². The Morgan fingerprint density at radius 3 is 2.07 bits per heavy atom. The zero-order chi connectivity index (χ0) is 11.6. The van der Waals surface area contributed by atoms with Crippen molar-refractivity contribution in [2.45, 2.75) is 44.7 Å². The fourth-order valence-corrected chi connectivity index (χ4v) is 2.32. The van der Waals surface area contributed by atoms with Crippen LogP contribution in [0.1, 0.15) is 50.8 Å². The lowest BCUT2D eigenvalue weighted by Crippen LogP contribution is -2.06. The molecule has 0 aliphatic rings. The molecular formula is C11H17ClN2S. The highest BCUT2D eigenvalue weighted by molar-refractivity contribution is 7.98. The fourth-order valence-electron chi connectivity index (χ4n) is 1.50. The molecule has 0 aromatic carbocycles. The standard InChI is InChI=1S/C11H17ClN2S/c1-6(2)8-9(7(3)4)13-11(15-5)14-10(8)12/h6-7H,1-5H3. The van der Waals surface area contributed by atoms with Gasteiger partial charge in [0.05, 0.1) is 5.69 Å². The van der Waals surface area contributed by atoms with Crippen molar-refractivity contribution in [3.05, 3.63) is 16.4 Å². The molecule has 0 saturated heterocycles. The summed E-state index contributed by atoms with van der Waals surface area (Å²) in [5.41, 5.74) is 2.17. The van der Waals surface area contributed by atoms with Crippen molar-refractivity contribution in [3.8, 4) is 0 Å². The first-order valence-electron chi connectivity index (χ1n) is 5.08. The largest absolute Gasteiger partial charge is 0.227 e. The number of rotatable bonds is 3. The van der Waals surface area contributed by atoms with Gasteiger partial charge < -0.3 is 0 Å². The predicted octanol–water partition coefficient (Wildman–Crippen LogP) is 4.10. The van der Waals surface area contributed by atoms with Crippen LogP contribution < -0.4 is 0 Å². The van der Waals surface area contributed by atoms with E-state index in [0.29, 0.717) is 17.0 Å². The number of hydrogen-bond donors (Lipinski definition) is 0. The molecule has 0 saturated carbocycles. The molecule has 0 N–H and O–H groups in total. The molecular weight excluding hydrogens is 228 g/mol. The van der Waals surface area contributed by atoms with Crippen LogP contribution in [0.15, 0.2) is 5.16 Å². The summed E-state index contributed by atoms with van der Waals surface area (Å²) in [4.78, 5) is 8.81. The molecule has 1 aromatic rings. The molecule has 0 unspecified atom stereocenters. The molecule has 1 heterocycles. The SMILES string of the molecule is CSc1nc(Cl)c(C(C)C)c(C(C)C)n1. The lowest BCUT2D eigenvalue weighted by Gasteiger charge is -2.16. The van der Waals surface area contributed by atoms with Crippen LogP contribution in [0.2, 0.25) is 5.15 Å². The van der Waals surface area contributed by atoms with Crippen LogP contribution in [0.25, 0.3) is 0 Å². The second-order valence-corrected chi connectivity index (χ2v) is 5.24. The molecule has 0 fully saturated rings. The van der Waals surface area contributed by atoms with E-state index in [1.807, 2.05) is 6.26 Å². The maximum Gasteiger partial charge on any atom is 0.188 e. The molecule has 0 amide bonds. The van der Waals surface area contributed by atoms with Gasteiger partial charge in [-0.25, -0.2) is 9.97 Å². The van der Waals surface area contributed by atoms with Gasteiger partial charge in [-0.05, 0) is 18.1 Å². The van der Waals surface area contributed by atoms with E-state index in [1.165, 1.54) is 11.8 Å². The average molecular weight is 245 g/mol. The topological polar surface area (TPSA) is 25.8 Å². The van der Waals surface area contributed by atoms with Crippen molar-refractivity contribution < 1.29 is 0 Å². The summed E-state index contributed by atoms with van der Waals surface area (Å²) >= 11 is 7.72. The third-order valence-electron chi connectivity index (χ3n) is 2.21. The van der Waals surface area contributed by atoms with Crippen LogP contribution in [-0.4, -0.2) is 16.2 Å². The lowest BCUT2D eigenvalue weighted by atomic mass is 9.97. The molecule has 84 valence electrons. The zero-order valence-electron chi connectivity index (χ0n) is 9.84. The first-order valence-corrected chi connectivity index (χ1v) is 6.69. The van der Waals surface area contributed by atoms with Gasteiger partial charge in [0.1, 0.15) is 5.15 Å². The Balaban J connectivity index is 3.36. The minimum absolute atomic E-state index is 0.366. The van der Waals surface area contributed by atoms with Gasteiger partial charge in [-0.1, -0.05) is 51.1 Å². The van der Waals surface area contributed by atoms with Gasteiger partial charge in [-0.2, -0.15) is 0 Å². The van der Waals surface area contributed by atoms with E-state index >= 15 is 0 Å². The Labute approximate surface area is 101 Å². The Hall–Kier alpha value is -0.280. The minimum Gasteiger partial charge on any atom is -0.227 e. The van der Waals surface area contributed by atoms with Crippen LogP contribution in [0.4, 0.5) is 0 Å². The van der Waals surface area contributed by atoms with Gasteiger partial charge in [0, 0.05) is 5.56 Å². The molecule has 0 bridgehead atoms. The van der Waals surface area contributed by atoms with E-state index in [2.05, 4.69) is 37.7 Å². The average Bonchev–Trinajstić information content (AvgIpc) is 2.15. The van der Waals surface area contributed by atoms with Gasteiger partial charge >= 0.3 is 0 Å². The summed E-state index contributed by atoms with van der Waals surface area (Å²) < 4.78 is 0. The monoisotopic (exact) mass is 244 g/mol. The predicted molar refractivity (Wildman–Crippen MR) is 67.0 cm³/mol. The number of thioether (sulfide) groups is 1. The Morgan fingerprint density at radius 1 is 1.07 bits per heavy atom. The number of hydrogen-bond acceptors (Lipinski definition) is 3. The van der Waals surface area contributed by atoms with E-state index in [0.717, 1.165) is 16.4 Å². The van der Waals surface area contributed by atoms with Crippen molar-refractivity contribution in [2.24, 2.45) is 0 Å². The summed E-state index contributed by atoms with van der Waals surface area (Å²) in [5, 5.41) is 1.36. The fraction of sp³-hybridized carbons (Fsp3) is 0.636. The summed E-state index contributed by atoms with van der Waals surface area (Å²) in [6, 6.07) is 0. The highest BCUT2D eigenvalue weighted by Crippen LogP contribution is 2.31. The van der Waals surface area contributed by atoms with E-state index in [1.54, 1.807) is 0 Å². The maximum atomic E-state index is 6.19. The van der Waals surface area contributed by atoms with Gasteiger partial charge in [0.25, 0.3) is 0 Å². The number of aromatic nitrogens is 2. The van der Waals surface area contributed by atoms with Crippen molar-refractivity contribution in [1.29, 1.82) is 0 Å². The van der Waals surface area contributed by atoms with Crippen molar-refractivity contribution in [2.75, 3.05) is 6.26 Å². The van der Waals surface area contributed by atoms with E-state index in [9.17, 15) is 0 Å². The van der Waals surface area contributed by atoms with Gasteiger partial charge in [0.15, 0.2) is 5.16 Å². The summed E-state index contributed by atoms with van der Waals surface area (Å²) in [7, 11) is 0. The lowest BCUT2D eigenvalue weighted by molar-refractivity contribution is 0.719. The van der Waals surface area contributed by atoms with Crippen LogP contribution in [0.5, 0.6) is 0 Å². The second-order valence-electron chi connectivity index (χ2n) is 4.11. The van der Waals surface area contributed by atoms with E-state index < -0.39 is 0 Å². The molecule has 0 aliphatic heterocycles. The van der Waals surface area contributed by atoms with Crippen molar-refractivity contribution >= 4 is 23.4 Å².